The number of hydrogen-bond donors (Lipinski definition) is 3. The highest BCUT2D eigenvalue weighted by atomic mass is 32.2. The number of aliphatic hydroxyl groups excluding tert-OH is 1. The number of thiophene rings is 1. The zero-order chi connectivity index (χ0) is 46.7. The summed E-state index contributed by atoms with van der Waals surface area (Å²) in [6, 6.07) is 13.8. The Morgan fingerprint density at radius 2 is 1.75 bits per heavy atom. The van der Waals surface area contributed by atoms with Crippen LogP contribution in [0.15, 0.2) is 53.4 Å². The topological polar surface area (TPSA) is 181 Å². The number of piperidine rings is 1. The number of amides is 1. The van der Waals surface area contributed by atoms with Crippen molar-refractivity contribution in [2.24, 2.45) is 23.2 Å². The quantitative estimate of drug-likeness (QED) is 0.105. The minimum atomic E-state index is -4.03. The van der Waals surface area contributed by atoms with E-state index in [1.165, 1.54) is 34.9 Å². The van der Waals surface area contributed by atoms with Gasteiger partial charge in [0.05, 0.1) is 55.6 Å². The summed E-state index contributed by atoms with van der Waals surface area (Å²) in [5.74, 6) is -2.64. The summed E-state index contributed by atoms with van der Waals surface area (Å²) in [5, 5.41) is 25.7. The van der Waals surface area contributed by atoms with Gasteiger partial charge in [-0.2, -0.15) is 4.31 Å². The Kier molecular flexibility index (Phi) is 15.4. The molecule has 3 N–H and O–H groups in total. The van der Waals surface area contributed by atoms with Crippen LogP contribution in [-0.2, 0) is 59.5 Å². The first-order valence-corrected chi connectivity index (χ1v) is 25.4. The zero-order valence-electron chi connectivity index (χ0n) is 38.7. The lowest BCUT2D eigenvalue weighted by molar-refractivity contribution is -0.181. The third-order valence-electron chi connectivity index (χ3n) is 13.7. The summed E-state index contributed by atoms with van der Waals surface area (Å²) in [6.45, 7) is 11.8. The van der Waals surface area contributed by atoms with E-state index in [9.17, 15) is 33.0 Å². The molecule has 6 atom stereocenters. The lowest BCUT2D eigenvalue weighted by Crippen LogP contribution is -2.47. The first-order chi connectivity index (χ1) is 30.9. The Morgan fingerprint density at radius 1 is 1.02 bits per heavy atom. The van der Waals surface area contributed by atoms with Gasteiger partial charge in [-0.1, -0.05) is 39.8 Å². The number of ether oxygens (including phenoxy) is 4. The standard InChI is InChI=1S/C49H67N3O11S2/c1-31(2)28-51(65(58,59)37-16-14-36(60-6)15-17-37)29-40(53)33(24-45(55)63-41-30-62-49(5)39(41)19-22-61-49)23-32-10-12-34(13-11-32)50-27-35-9-7-8-21-52(35)44(54)25-43-46(47(56)57)38-26-48(3,4)20-18-42(38)64-43/h10-17,31,33,35,39-41,50,53H,7-9,18-30H2,1-6H3,(H,56,57)/t33-,35+,39+,40-,41+,49-/m1/s1. The lowest BCUT2D eigenvalue weighted by Gasteiger charge is -2.36. The Balaban J connectivity index is 1.03. The van der Waals surface area contributed by atoms with E-state index in [2.05, 4.69) is 19.2 Å². The molecule has 3 fully saturated rings. The van der Waals surface area contributed by atoms with Crippen molar-refractivity contribution < 1.29 is 52.0 Å². The van der Waals surface area contributed by atoms with E-state index in [1.54, 1.807) is 12.1 Å². The highest BCUT2D eigenvalue weighted by Crippen LogP contribution is 2.43. The van der Waals surface area contributed by atoms with Gasteiger partial charge in [0.15, 0.2) is 5.79 Å². The molecule has 0 radical (unpaired) electrons. The van der Waals surface area contributed by atoms with E-state index in [0.29, 0.717) is 48.7 Å². The Hall–Kier alpha value is -4.06. The van der Waals surface area contributed by atoms with E-state index in [4.69, 9.17) is 18.9 Å². The summed E-state index contributed by atoms with van der Waals surface area (Å²) in [7, 11) is -2.52. The van der Waals surface area contributed by atoms with Crippen molar-refractivity contribution >= 4 is 44.9 Å². The number of likely N-dealkylation sites (tertiary alicyclic amines) is 1. The molecule has 65 heavy (non-hydrogen) atoms. The number of esters is 1. The van der Waals surface area contributed by atoms with Gasteiger partial charge in [0.1, 0.15) is 11.9 Å². The first kappa shape index (κ1) is 48.9. The number of aryl methyl sites for hydroxylation is 1. The summed E-state index contributed by atoms with van der Waals surface area (Å²) in [6.07, 6.45) is 4.44. The average molecular weight is 938 g/mol. The molecular formula is C49H67N3O11S2. The number of sulfonamides is 1. The Labute approximate surface area is 388 Å². The SMILES string of the molecule is COc1ccc(S(=O)(=O)N(CC(C)C)C[C@@H](O)[C@@H](CC(=O)O[C@H]2CO[C@@]3(C)OCC[C@@H]23)Cc2ccc(NC[C@@H]3CCCCN3C(=O)Cc3sc4c(c3C(=O)O)CC(C)(C)CC4)cc2)cc1. The molecule has 4 aliphatic rings. The van der Waals surface area contributed by atoms with Crippen molar-refractivity contribution in [2.75, 3.05) is 51.8 Å². The molecule has 0 saturated carbocycles. The van der Waals surface area contributed by atoms with Crippen molar-refractivity contribution in [1.29, 1.82) is 0 Å². The minimum absolute atomic E-state index is 0.0249. The smallest absolute Gasteiger partial charge is 0.337 e. The maximum atomic E-state index is 14.0. The predicted molar refractivity (Wildman–Crippen MR) is 248 cm³/mol. The van der Waals surface area contributed by atoms with Crippen LogP contribution in [0.4, 0.5) is 5.69 Å². The third kappa shape index (κ3) is 11.6. The number of benzene rings is 2. The van der Waals surface area contributed by atoms with E-state index in [0.717, 1.165) is 53.8 Å². The fourth-order valence-electron chi connectivity index (χ4n) is 10.0. The number of aliphatic hydroxyl groups is 1. The van der Waals surface area contributed by atoms with Crippen LogP contribution in [0.2, 0.25) is 0 Å². The zero-order valence-corrected chi connectivity index (χ0v) is 40.3. The van der Waals surface area contributed by atoms with Crippen molar-refractivity contribution in [2.45, 2.75) is 128 Å². The van der Waals surface area contributed by atoms with Crippen molar-refractivity contribution in [3.63, 3.8) is 0 Å². The minimum Gasteiger partial charge on any atom is -0.497 e. The van der Waals surface area contributed by atoms with Crippen LogP contribution in [0.5, 0.6) is 5.75 Å². The number of rotatable bonds is 19. The van der Waals surface area contributed by atoms with Gasteiger partial charge in [-0.25, -0.2) is 13.2 Å². The molecule has 1 aliphatic carbocycles. The molecule has 14 nitrogen and oxygen atoms in total. The number of aromatic carboxylic acids is 1. The number of carbonyl (C=O) groups excluding carboxylic acids is 2. The molecule has 4 heterocycles. The molecule has 3 aromatic rings. The summed E-state index contributed by atoms with van der Waals surface area (Å²) < 4.78 is 52.2. The molecule has 2 aromatic carbocycles. The molecule has 7 rings (SSSR count). The number of nitrogens with zero attached hydrogens (tertiary/aromatic N) is 2. The number of carbonyl (C=O) groups is 3. The van der Waals surface area contributed by atoms with Gasteiger partial charge in [0.25, 0.3) is 0 Å². The van der Waals surface area contributed by atoms with E-state index < -0.39 is 45.9 Å². The molecule has 3 aliphatic heterocycles. The second-order valence-electron chi connectivity index (χ2n) is 19.7. The predicted octanol–water partition coefficient (Wildman–Crippen LogP) is 6.96. The van der Waals surface area contributed by atoms with Crippen LogP contribution < -0.4 is 10.1 Å². The molecule has 356 valence electrons. The monoisotopic (exact) mass is 937 g/mol. The number of methoxy groups -OCH3 is 1. The van der Waals surface area contributed by atoms with E-state index in [-0.39, 0.29) is 73.1 Å². The highest BCUT2D eigenvalue weighted by molar-refractivity contribution is 7.89. The van der Waals surface area contributed by atoms with Gasteiger partial charge >= 0.3 is 11.9 Å². The molecule has 3 saturated heterocycles. The van der Waals surface area contributed by atoms with Crippen LogP contribution in [0.1, 0.15) is 104 Å². The lowest BCUT2D eigenvalue weighted by atomic mass is 9.76. The number of hydrogen-bond acceptors (Lipinski definition) is 12. The summed E-state index contributed by atoms with van der Waals surface area (Å²) in [5.41, 5.74) is 2.93. The van der Waals surface area contributed by atoms with Gasteiger partial charge in [-0.3, -0.25) is 9.59 Å². The molecular weight excluding hydrogens is 871 g/mol. The van der Waals surface area contributed by atoms with Crippen molar-refractivity contribution in [3.05, 3.63) is 75.0 Å². The van der Waals surface area contributed by atoms with Gasteiger partial charge in [-0.05, 0) is 117 Å². The first-order valence-electron chi connectivity index (χ1n) is 23.1. The highest BCUT2D eigenvalue weighted by Gasteiger charge is 2.53. The maximum Gasteiger partial charge on any atom is 0.337 e. The fourth-order valence-corrected chi connectivity index (χ4v) is 13.0. The van der Waals surface area contributed by atoms with Crippen LogP contribution in [0.3, 0.4) is 0 Å². The van der Waals surface area contributed by atoms with Crippen molar-refractivity contribution in [1.82, 2.24) is 9.21 Å². The van der Waals surface area contributed by atoms with E-state index in [1.807, 2.05) is 49.9 Å². The Morgan fingerprint density at radius 3 is 2.45 bits per heavy atom. The van der Waals surface area contributed by atoms with Crippen molar-refractivity contribution in [3.8, 4) is 5.75 Å². The average Bonchev–Trinajstić information content (AvgIpc) is 3.92. The van der Waals surface area contributed by atoms with E-state index >= 15 is 0 Å². The molecule has 0 unspecified atom stereocenters. The molecule has 0 bridgehead atoms. The van der Waals surface area contributed by atoms with Gasteiger partial charge in [0, 0.05) is 53.6 Å². The molecule has 1 aromatic heterocycles. The number of nitrogens with one attached hydrogen (secondary N) is 1. The Bertz CT molecular complexity index is 2260. The second kappa shape index (κ2) is 20.4. The summed E-state index contributed by atoms with van der Waals surface area (Å²) >= 11 is 1.49. The summed E-state index contributed by atoms with van der Waals surface area (Å²) in [4.78, 5) is 43.8. The third-order valence-corrected chi connectivity index (χ3v) is 16.8. The molecule has 16 heteroatoms. The number of carboxylic acids is 1. The number of anilines is 1. The number of carboxylic acid groups (broad SMARTS) is 1. The molecule has 1 amide bonds. The fraction of sp³-hybridized carbons (Fsp3) is 0.612. The largest absolute Gasteiger partial charge is 0.497 e. The maximum absolute atomic E-state index is 14.0. The van der Waals surface area contributed by atoms with Gasteiger partial charge in [-0.15, -0.1) is 11.3 Å². The van der Waals surface area contributed by atoms with Gasteiger partial charge in [0.2, 0.25) is 15.9 Å². The normalized spacial score (nSPS) is 23.8. The second-order valence-corrected chi connectivity index (χ2v) is 22.8. The van der Waals surface area contributed by atoms with Gasteiger partial charge < -0.3 is 39.4 Å². The molecule has 0 spiro atoms. The van der Waals surface area contributed by atoms with Crippen LogP contribution in [0.25, 0.3) is 0 Å². The van der Waals surface area contributed by atoms with Crippen LogP contribution in [0, 0.1) is 23.2 Å². The van der Waals surface area contributed by atoms with Crippen LogP contribution >= 0.6 is 11.3 Å². The number of fused-ring (bicyclic) bond motifs is 2. The van der Waals surface area contributed by atoms with Crippen LogP contribution in [-0.4, -0.2) is 116 Å².